The van der Waals surface area contributed by atoms with Crippen LogP contribution in [0.4, 0.5) is 11.4 Å². The van der Waals surface area contributed by atoms with Crippen LogP contribution in [0.5, 0.6) is 0 Å². The van der Waals surface area contributed by atoms with Gasteiger partial charge in [0.05, 0.1) is 16.6 Å². The zero-order valence-corrected chi connectivity index (χ0v) is 10.2. The van der Waals surface area contributed by atoms with Gasteiger partial charge in [-0.1, -0.05) is 6.07 Å². The Morgan fingerprint density at radius 3 is 2.53 bits per heavy atom. The molecule has 1 heterocycles. The maximum absolute atomic E-state index is 11.2. The fourth-order valence-corrected chi connectivity index (χ4v) is 2.27. The van der Waals surface area contributed by atoms with Crippen molar-refractivity contribution in [2.75, 3.05) is 18.0 Å². The summed E-state index contributed by atoms with van der Waals surface area (Å²) in [6.45, 7) is 0.818. The first kappa shape index (κ1) is 13.3. The minimum atomic E-state index is -1.19. The van der Waals surface area contributed by atoms with Gasteiger partial charge in [0.2, 0.25) is 0 Å². The molecule has 0 bridgehead atoms. The number of nitro groups is 1. The van der Waals surface area contributed by atoms with Crippen molar-refractivity contribution in [2.45, 2.75) is 18.9 Å². The molecule has 1 fully saturated rings. The Morgan fingerprint density at radius 2 is 2.00 bits per heavy atom. The van der Waals surface area contributed by atoms with Gasteiger partial charge in [0.1, 0.15) is 5.69 Å². The topological polar surface area (TPSA) is 104 Å². The number of aromatic carboxylic acids is 1. The van der Waals surface area contributed by atoms with Crippen molar-refractivity contribution in [2.24, 2.45) is 0 Å². The molecule has 1 saturated heterocycles. The van der Waals surface area contributed by atoms with Gasteiger partial charge in [0.15, 0.2) is 0 Å². The molecule has 7 nitrogen and oxygen atoms in total. The maximum Gasteiger partial charge on any atom is 0.338 e. The first-order chi connectivity index (χ1) is 9.00. The standard InChI is InChI=1S/C12H14N2O5/c15-8-4-6-13(7-5-8)11-9(12(16)17)2-1-3-10(11)14(18)19/h1-3,8,15H,4-7H2,(H,16,17). The number of carboxylic acid groups (broad SMARTS) is 1. The predicted octanol–water partition coefficient (Wildman–Crippen LogP) is 1.25. The lowest BCUT2D eigenvalue weighted by Crippen LogP contribution is -2.37. The monoisotopic (exact) mass is 266 g/mol. The van der Waals surface area contributed by atoms with Crippen LogP contribution in [0.2, 0.25) is 0 Å². The first-order valence-corrected chi connectivity index (χ1v) is 5.94. The van der Waals surface area contributed by atoms with Gasteiger partial charge in [-0.25, -0.2) is 4.79 Å². The Hall–Kier alpha value is -2.15. The Bertz CT molecular complexity index is 477. The molecule has 2 rings (SSSR count). The summed E-state index contributed by atoms with van der Waals surface area (Å²) in [5.41, 5.74) is -0.159. The van der Waals surface area contributed by atoms with E-state index in [9.17, 15) is 20.0 Å². The number of carboxylic acids is 1. The van der Waals surface area contributed by atoms with Crippen molar-refractivity contribution >= 4 is 17.3 Å². The molecule has 0 amide bonds. The van der Waals surface area contributed by atoms with Crippen molar-refractivity contribution < 1.29 is 19.9 Å². The van der Waals surface area contributed by atoms with E-state index in [0.29, 0.717) is 25.9 Å². The van der Waals surface area contributed by atoms with Gasteiger partial charge >= 0.3 is 5.97 Å². The van der Waals surface area contributed by atoms with Gasteiger partial charge in [-0.05, 0) is 18.9 Å². The van der Waals surface area contributed by atoms with Gasteiger partial charge in [0.25, 0.3) is 5.69 Å². The fraction of sp³-hybridized carbons (Fsp3) is 0.417. The van der Waals surface area contributed by atoms with Crippen LogP contribution >= 0.6 is 0 Å². The van der Waals surface area contributed by atoms with E-state index in [-0.39, 0.29) is 16.9 Å². The zero-order valence-electron chi connectivity index (χ0n) is 10.2. The van der Waals surface area contributed by atoms with E-state index >= 15 is 0 Å². The van der Waals surface area contributed by atoms with Gasteiger partial charge in [-0.3, -0.25) is 10.1 Å². The van der Waals surface area contributed by atoms with Gasteiger partial charge < -0.3 is 15.1 Å². The second kappa shape index (κ2) is 5.23. The molecule has 1 aliphatic rings. The number of carbonyl (C=O) groups is 1. The van der Waals surface area contributed by atoms with E-state index in [0.717, 1.165) is 0 Å². The van der Waals surface area contributed by atoms with E-state index in [2.05, 4.69) is 0 Å². The lowest BCUT2D eigenvalue weighted by atomic mass is 10.0. The lowest BCUT2D eigenvalue weighted by molar-refractivity contribution is -0.384. The summed E-state index contributed by atoms with van der Waals surface area (Å²) >= 11 is 0. The number of rotatable bonds is 3. The highest BCUT2D eigenvalue weighted by molar-refractivity contribution is 5.97. The summed E-state index contributed by atoms with van der Waals surface area (Å²) in [5, 5.41) is 29.6. The highest BCUT2D eigenvalue weighted by Crippen LogP contribution is 2.33. The number of piperidine rings is 1. The highest BCUT2D eigenvalue weighted by Gasteiger charge is 2.28. The molecule has 0 aromatic heterocycles. The van der Waals surface area contributed by atoms with E-state index in [1.54, 1.807) is 4.90 Å². The Balaban J connectivity index is 2.46. The molecule has 2 N–H and O–H groups in total. The summed E-state index contributed by atoms with van der Waals surface area (Å²) in [5.74, 6) is -1.19. The average Bonchev–Trinajstić information content (AvgIpc) is 2.38. The van der Waals surface area contributed by atoms with E-state index in [4.69, 9.17) is 5.11 Å². The van der Waals surface area contributed by atoms with Crippen LogP contribution in [-0.2, 0) is 0 Å². The van der Waals surface area contributed by atoms with E-state index < -0.39 is 17.0 Å². The fourth-order valence-electron chi connectivity index (χ4n) is 2.27. The number of nitrogens with zero attached hydrogens (tertiary/aromatic N) is 2. The van der Waals surface area contributed by atoms with Crippen LogP contribution in [0.25, 0.3) is 0 Å². The van der Waals surface area contributed by atoms with Crippen LogP contribution in [0, 0.1) is 10.1 Å². The molecule has 19 heavy (non-hydrogen) atoms. The normalized spacial score (nSPS) is 16.4. The van der Waals surface area contributed by atoms with Crippen molar-refractivity contribution in [3.8, 4) is 0 Å². The quantitative estimate of drug-likeness (QED) is 0.630. The summed E-state index contributed by atoms with van der Waals surface area (Å²) in [6.07, 6.45) is 0.531. The molecule has 1 aliphatic heterocycles. The summed E-state index contributed by atoms with van der Waals surface area (Å²) in [7, 11) is 0. The van der Waals surface area contributed by atoms with Gasteiger partial charge in [-0.2, -0.15) is 0 Å². The number of anilines is 1. The molecular weight excluding hydrogens is 252 g/mol. The van der Waals surface area contributed by atoms with Gasteiger partial charge in [-0.15, -0.1) is 0 Å². The smallest absolute Gasteiger partial charge is 0.338 e. The second-order valence-electron chi connectivity index (χ2n) is 4.45. The minimum absolute atomic E-state index is 0.0782. The number of para-hydroxylation sites is 1. The van der Waals surface area contributed by atoms with Crippen LogP contribution in [0.1, 0.15) is 23.2 Å². The van der Waals surface area contributed by atoms with Crippen LogP contribution in [0.3, 0.4) is 0 Å². The lowest BCUT2D eigenvalue weighted by Gasteiger charge is -2.31. The molecule has 1 aromatic rings. The Morgan fingerprint density at radius 1 is 1.37 bits per heavy atom. The molecule has 0 unspecified atom stereocenters. The predicted molar refractivity (Wildman–Crippen MR) is 67.5 cm³/mol. The third kappa shape index (κ3) is 2.65. The van der Waals surface area contributed by atoms with Crippen LogP contribution in [0.15, 0.2) is 18.2 Å². The number of hydrogen-bond acceptors (Lipinski definition) is 5. The van der Waals surface area contributed by atoms with E-state index in [1.165, 1.54) is 18.2 Å². The number of hydrogen-bond donors (Lipinski definition) is 2. The molecular formula is C12H14N2O5. The molecule has 102 valence electrons. The third-order valence-corrected chi connectivity index (χ3v) is 3.22. The Kier molecular flexibility index (Phi) is 3.66. The second-order valence-corrected chi connectivity index (χ2v) is 4.45. The molecule has 1 aromatic carbocycles. The molecule has 0 saturated carbocycles. The largest absolute Gasteiger partial charge is 0.478 e. The van der Waals surface area contributed by atoms with Crippen molar-refractivity contribution in [1.82, 2.24) is 0 Å². The first-order valence-electron chi connectivity index (χ1n) is 5.94. The SMILES string of the molecule is O=C(O)c1cccc([N+](=O)[O-])c1N1CCC(O)CC1. The maximum atomic E-state index is 11.2. The summed E-state index contributed by atoms with van der Waals surface area (Å²) in [6, 6.07) is 4.02. The molecule has 0 radical (unpaired) electrons. The van der Waals surface area contributed by atoms with Crippen molar-refractivity contribution in [1.29, 1.82) is 0 Å². The number of nitro benzene ring substituents is 1. The molecule has 0 atom stereocenters. The van der Waals surface area contributed by atoms with Crippen LogP contribution < -0.4 is 4.90 Å². The minimum Gasteiger partial charge on any atom is -0.478 e. The van der Waals surface area contributed by atoms with Gasteiger partial charge in [0, 0.05) is 19.2 Å². The zero-order chi connectivity index (χ0) is 14.0. The summed E-state index contributed by atoms with van der Waals surface area (Å²) in [4.78, 5) is 23.3. The van der Waals surface area contributed by atoms with Crippen molar-refractivity contribution in [3.63, 3.8) is 0 Å². The number of benzene rings is 1. The molecule has 0 spiro atoms. The molecule has 7 heteroatoms. The highest BCUT2D eigenvalue weighted by atomic mass is 16.6. The van der Waals surface area contributed by atoms with E-state index in [1.807, 2.05) is 0 Å². The van der Waals surface area contributed by atoms with Crippen LogP contribution in [-0.4, -0.2) is 40.3 Å². The average molecular weight is 266 g/mol. The molecule has 0 aliphatic carbocycles. The third-order valence-electron chi connectivity index (χ3n) is 3.22. The van der Waals surface area contributed by atoms with Crippen molar-refractivity contribution in [3.05, 3.63) is 33.9 Å². The number of aliphatic hydroxyl groups excluding tert-OH is 1. The number of aliphatic hydroxyl groups is 1. The summed E-state index contributed by atoms with van der Waals surface area (Å²) < 4.78 is 0. The Labute approximate surface area is 109 Å².